The highest BCUT2D eigenvalue weighted by Crippen LogP contribution is 2.37. The van der Waals surface area contributed by atoms with E-state index in [9.17, 15) is 10.1 Å². The van der Waals surface area contributed by atoms with E-state index in [4.69, 9.17) is 14.2 Å². The summed E-state index contributed by atoms with van der Waals surface area (Å²) in [6.07, 6.45) is 0. The summed E-state index contributed by atoms with van der Waals surface area (Å²) in [6, 6.07) is 20.5. The number of nitro groups is 1. The first-order valence-corrected chi connectivity index (χ1v) is 11.4. The quantitative estimate of drug-likeness (QED) is 0.208. The number of hydrogen-bond acceptors (Lipinski definition) is 8. The number of hydrogen-bond donors (Lipinski definition) is 0. The van der Waals surface area contributed by atoms with Crippen molar-refractivity contribution in [2.75, 3.05) is 13.9 Å². The van der Waals surface area contributed by atoms with Gasteiger partial charge in [-0.15, -0.1) is 10.2 Å². The molecule has 9 nitrogen and oxygen atoms in total. The summed E-state index contributed by atoms with van der Waals surface area (Å²) in [5.74, 6) is 2.42. The highest BCUT2D eigenvalue weighted by molar-refractivity contribution is 7.98. The maximum absolute atomic E-state index is 11.4. The van der Waals surface area contributed by atoms with Gasteiger partial charge in [-0.3, -0.25) is 14.7 Å². The van der Waals surface area contributed by atoms with Gasteiger partial charge in [-0.2, -0.15) is 0 Å². The Balaban J connectivity index is 1.54. The molecule has 10 heteroatoms. The van der Waals surface area contributed by atoms with Gasteiger partial charge in [0, 0.05) is 40.3 Å². The van der Waals surface area contributed by atoms with Crippen LogP contribution in [0.15, 0.2) is 71.9 Å². The summed E-state index contributed by atoms with van der Waals surface area (Å²) in [7, 11) is 1.62. The standard InChI is InChI=1S/C24H20N4O5S/c1-31-21-9-5-6-16(12-21)23-25-26-24(27(23)19-7-3-2-4-8-19)34-14-18-11-20(28(29)30)10-17-13-32-15-33-22(17)18/h2-12H,13-15H2,1H3. The van der Waals surface area contributed by atoms with E-state index in [-0.39, 0.29) is 19.1 Å². The van der Waals surface area contributed by atoms with Gasteiger partial charge < -0.3 is 14.2 Å². The minimum atomic E-state index is -0.406. The lowest BCUT2D eigenvalue weighted by molar-refractivity contribution is -0.385. The molecule has 0 saturated carbocycles. The molecule has 0 atom stereocenters. The van der Waals surface area contributed by atoms with Gasteiger partial charge in [0.25, 0.3) is 5.69 Å². The number of benzene rings is 3. The number of methoxy groups -OCH3 is 1. The van der Waals surface area contributed by atoms with Crippen LogP contribution in [0.4, 0.5) is 5.69 Å². The molecule has 172 valence electrons. The Morgan fingerprint density at radius 3 is 2.76 bits per heavy atom. The smallest absolute Gasteiger partial charge is 0.270 e. The van der Waals surface area contributed by atoms with Gasteiger partial charge in [0.2, 0.25) is 0 Å². The van der Waals surface area contributed by atoms with Crippen LogP contribution in [0.25, 0.3) is 17.1 Å². The van der Waals surface area contributed by atoms with Crippen molar-refractivity contribution >= 4 is 17.4 Å². The molecule has 0 fully saturated rings. The molecular formula is C24H20N4O5S. The van der Waals surface area contributed by atoms with Crippen molar-refractivity contribution in [3.8, 4) is 28.6 Å². The Hall–Kier alpha value is -3.89. The molecular weight excluding hydrogens is 456 g/mol. The second-order valence-corrected chi connectivity index (χ2v) is 8.40. The molecule has 3 aromatic carbocycles. The molecule has 2 heterocycles. The minimum Gasteiger partial charge on any atom is -0.497 e. The van der Waals surface area contributed by atoms with Gasteiger partial charge in [-0.25, -0.2) is 0 Å². The highest BCUT2D eigenvalue weighted by Gasteiger charge is 2.23. The zero-order valence-electron chi connectivity index (χ0n) is 18.2. The zero-order chi connectivity index (χ0) is 23.5. The SMILES string of the molecule is COc1cccc(-c2nnc(SCc3cc([N+](=O)[O-])cc4c3OCOC4)n2-c2ccccc2)c1. The number of fused-ring (bicyclic) bond motifs is 1. The molecule has 0 radical (unpaired) electrons. The molecule has 0 N–H and O–H groups in total. The molecule has 0 aliphatic carbocycles. The van der Waals surface area contributed by atoms with E-state index in [0.29, 0.717) is 33.6 Å². The van der Waals surface area contributed by atoms with Crippen LogP contribution < -0.4 is 9.47 Å². The summed E-state index contributed by atoms with van der Waals surface area (Å²) in [5.41, 5.74) is 3.14. The average molecular weight is 477 g/mol. The van der Waals surface area contributed by atoms with Crippen molar-refractivity contribution in [3.05, 3.63) is 88.0 Å². The number of para-hydroxylation sites is 1. The molecule has 0 bridgehead atoms. The summed E-state index contributed by atoms with van der Waals surface area (Å²) in [5, 5.41) is 21.0. The molecule has 1 aliphatic rings. The first-order chi connectivity index (χ1) is 16.6. The zero-order valence-corrected chi connectivity index (χ0v) is 19.0. The number of nitrogens with zero attached hydrogens (tertiary/aromatic N) is 4. The molecule has 0 amide bonds. The molecule has 0 spiro atoms. The first kappa shape index (κ1) is 21.9. The van der Waals surface area contributed by atoms with E-state index in [1.165, 1.54) is 17.8 Å². The number of thioether (sulfide) groups is 1. The third-order valence-corrected chi connectivity index (χ3v) is 6.29. The van der Waals surface area contributed by atoms with Crippen molar-refractivity contribution in [3.63, 3.8) is 0 Å². The fourth-order valence-corrected chi connectivity index (χ4v) is 4.68. The molecule has 1 aliphatic heterocycles. The van der Waals surface area contributed by atoms with Gasteiger partial charge in [-0.05, 0) is 24.3 Å². The molecule has 4 aromatic rings. The van der Waals surface area contributed by atoms with Crippen LogP contribution in [0.5, 0.6) is 11.5 Å². The monoisotopic (exact) mass is 476 g/mol. The first-order valence-electron chi connectivity index (χ1n) is 10.4. The van der Waals surface area contributed by atoms with E-state index >= 15 is 0 Å². The number of rotatable bonds is 7. The van der Waals surface area contributed by atoms with E-state index in [2.05, 4.69) is 10.2 Å². The van der Waals surface area contributed by atoms with Crippen LogP contribution in [-0.4, -0.2) is 33.6 Å². The molecule has 5 rings (SSSR count). The van der Waals surface area contributed by atoms with Crippen molar-refractivity contribution < 1.29 is 19.1 Å². The average Bonchev–Trinajstić information content (AvgIpc) is 3.31. The predicted molar refractivity (Wildman–Crippen MR) is 126 cm³/mol. The summed E-state index contributed by atoms with van der Waals surface area (Å²) in [6.45, 7) is 0.386. The highest BCUT2D eigenvalue weighted by atomic mass is 32.2. The molecule has 1 aromatic heterocycles. The Kier molecular flexibility index (Phi) is 6.15. The van der Waals surface area contributed by atoms with Crippen LogP contribution in [0.2, 0.25) is 0 Å². The fraction of sp³-hybridized carbons (Fsp3) is 0.167. The number of nitro benzene ring substituents is 1. The summed E-state index contributed by atoms with van der Waals surface area (Å²) in [4.78, 5) is 11.0. The van der Waals surface area contributed by atoms with Crippen molar-refractivity contribution in [2.24, 2.45) is 0 Å². The van der Waals surface area contributed by atoms with Crippen LogP contribution in [0, 0.1) is 10.1 Å². The normalized spacial score (nSPS) is 12.6. The lowest BCUT2D eigenvalue weighted by Gasteiger charge is -2.20. The Labute approximate surface area is 199 Å². The number of aromatic nitrogens is 3. The topological polar surface area (TPSA) is 102 Å². The van der Waals surface area contributed by atoms with Gasteiger partial charge in [0.05, 0.1) is 18.6 Å². The third-order valence-electron chi connectivity index (χ3n) is 5.31. The van der Waals surface area contributed by atoms with Crippen LogP contribution in [0.3, 0.4) is 0 Å². The lowest BCUT2D eigenvalue weighted by Crippen LogP contribution is -2.13. The van der Waals surface area contributed by atoms with Crippen LogP contribution in [-0.2, 0) is 17.1 Å². The summed E-state index contributed by atoms with van der Waals surface area (Å²) >= 11 is 1.43. The minimum absolute atomic E-state index is 0.00467. The van der Waals surface area contributed by atoms with Gasteiger partial charge in [0.15, 0.2) is 17.8 Å². The van der Waals surface area contributed by atoms with Crippen molar-refractivity contribution in [1.29, 1.82) is 0 Å². The van der Waals surface area contributed by atoms with E-state index < -0.39 is 4.92 Å². The largest absolute Gasteiger partial charge is 0.497 e. The number of ether oxygens (including phenoxy) is 3. The van der Waals surface area contributed by atoms with Gasteiger partial charge in [-0.1, -0.05) is 42.1 Å². The van der Waals surface area contributed by atoms with Crippen molar-refractivity contribution in [2.45, 2.75) is 17.5 Å². The second kappa shape index (κ2) is 9.54. The summed E-state index contributed by atoms with van der Waals surface area (Å²) < 4.78 is 18.3. The Morgan fingerprint density at radius 2 is 1.97 bits per heavy atom. The maximum atomic E-state index is 11.4. The Morgan fingerprint density at radius 1 is 1.12 bits per heavy atom. The molecule has 0 unspecified atom stereocenters. The lowest BCUT2D eigenvalue weighted by atomic mass is 10.1. The van der Waals surface area contributed by atoms with Crippen LogP contribution >= 0.6 is 11.8 Å². The Bertz CT molecular complexity index is 1340. The van der Waals surface area contributed by atoms with Gasteiger partial charge in [0.1, 0.15) is 11.5 Å². The maximum Gasteiger partial charge on any atom is 0.270 e. The van der Waals surface area contributed by atoms with E-state index in [1.807, 2.05) is 59.2 Å². The molecule has 0 saturated heterocycles. The predicted octanol–water partition coefficient (Wildman–Crippen LogP) is 5.01. The third kappa shape index (κ3) is 4.33. The van der Waals surface area contributed by atoms with Crippen LogP contribution in [0.1, 0.15) is 11.1 Å². The van der Waals surface area contributed by atoms with E-state index in [0.717, 1.165) is 17.0 Å². The number of non-ortho nitro benzene ring substituents is 1. The van der Waals surface area contributed by atoms with E-state index in [1.54, 1.807) is 13.2 Å². The van der Waals surface area contributed by atoms with Gasteiger partial charge >= 0.3 is 0 Å². The second-order valence-electron chi connectivity index (χ2n) is 7.46. The fourth-order valence-electron chi connectivity index (χ4n) is 3.76. The molecule has 34 heavy (non-hydrogen) atoms. The van der Waals surface area contributed by atoms with Crippen molar-refractivity contribution in [1.82, 2.24) is 14.8 Å².